The van der Waals surface area contributed by atoms with Gasteiger partial charge in [0.2, 0.25) is 0 Å². The van der Waals surface area contributed by atoms with E-state index in [2.05, 4.69) is 9.55 Å². The Hall–Kier alpha value is -2.62. The third kappa shape index (κ3) is 2.08. The summed E-state index contributed by atoms with van der Waals surface area (Å²) in [5, 5.41) is 10.1. The van der Waals surface area contributed by atoms with E-state index in [1.54, 1.807) is 12.1 Å². The van der Waals surface area contributed by atoms with Gasteiger partial charge in [-0.25, -0.2) is 0 Å². The number of benzene rings is 2. The molecule has 22 heavy (non-hydrogen) atoms. The first-order valence-corrected chi connectivity index (χ1v) is 7.50. The van der Waals surface area contributed by atoms with Crippen LogP contribution in [0.25, 0.3) is 10.9 Å². The molecule has 4 heteroatoms. The van der Waals surface area contributed by atoms with Gasteiger partial charge in [0.05, 0.1) is 10.9 Å². The topological polar surface area (TPSA) is 55.1 Å². The van der Waals surface area contributed by atoms with Gasteiger partial charge in [-0.15, -0.1) is 0 Å². The van der Waals surface area contributed by atoms with Crippen LogP contribution in [0.5, 0.6) is 5.75 Å². The number of rotatable bonds is 2. The van der Waals surface area contributed by atoms with Gasteiger partial charge in [0.1, 0.15) is 11.6 Å². The Kier molecular flexibility index (Phi) is 2.96. The van der Waals surface area contributed by atoms with E-state index in [9.17, 15) is 9.90 Å². The minimum atomic E-state index is -0.139. The molecule has 0 saturated heterocycles. The molecule has 0 aliphatic carbocycles. The third-order valence-electron chi connectivity index (χ3n) is 4.40. The molecule has 1 unspecified atom stereocenters. The number of phenolic OH excluding ortho intramolecular Hbond substituents is 1. The van der Waals surface area contributed by atoms with Crippen LogP contribution in [0.4, 0.5) is 0 Å². The quantitative estimate of drug-likeness (QED) is 0.790. The number of fused-ring (bicyclic) bond motifs is 3. The van der Waals surface area contributed by atoms with Crippen LogP contribution in [0.15, 0.2) is 53.3 Å². The molecule has 1 aromatic heterocycles. The lowest BCUT2D eigenvalue weighted by Crippen LogP contribution is -2.16. The van der Waals surface area contributed by atoms with Crippen molar-refractivity contribution in [1.82, 2.24) is 9.55 Å². The second-order valence-corrected chi connectivity index (χ2v) is 5.80. The highest BCUT2D eigenvalue weighted by Crippen LogP contribution is 2.31. The highest BCUT2D eigenvalue weighted by atomic mass is 16.3. The monoisotopic (exact) mass is 292 g/mol. The van der Waals surface area contributed by atoms with Crippen LogP contribution in [0.1, 0.15) is 23.7 Å². The minimum absolute atomic E-state index is 0.139. The zero-order valence-corrected chi connectivity index (χ0v) is 12.1. The molecule has 0 saturated carbocycles. The van der Waals surface area contributed by atoms with Crippen molar-refractivity contribution in [2.45, 2.75) is 25.3 Å². The Morgan fingerprint density at radius 1 is 1.14 bits per heavy atom. The zero-order chi connectivity index (χ0) is 15.1. The maximum absolute atomic E-state index is 12.2. The molecule has 1 atom stereocenters. The van der Waals surface area contributed by atoms with Gasteiger partial charge in [-0.1, -0.05) is 24.3 Å². The van der Waals surface area contributed by atoms with Crippen molar-refractivity contribution in [3.63, 3.8) is 0 Å². The predicted octanol–water partition coefficient (Wildman–Crippen LogP) is 2.83. The Balaban J connectivity index is 1.76. The molecule has 2 heterocycles. The number of hydrogen-bond donors (Lipinski definition) is 1. The lowest BCUT2D eigenvalue weighted by atomic mass is 9.97. The van der Waals surface area contributed by atoms with Gasteiger partial charge in [-0.05, 0) is 42.7 Å². The van der Waals surface area contributed by atoms with Crippen LogP contribution in [-0.2, 0) is 13.0 Å². The second-order valence-electron chi connectivity index (χ2n) is 5.80. The summed E-state index contributed by atoms with van der Waals surface area (Å²) >= 11 is 0. The zero-order valence-electron chi connectivity index (χ0n) is 12.1. The summed E-state index contributed by atoms with van der Waals surface area (Å²) in [5.41, 5.74) is 1.99. The number of aryl methyl sites for hydroxylation is 1. The standard InChI is InChI=1S/C18H16N2O2/c21-14-7-5-12(6-8-14)11-13-9-10-20-16-4-2-1-3-15(16)18(22)19-17(13)20/h1-8,13,21H,9-11H2. The first-order chi connectivity index (χ1) is 10.7. The summed E-state index contributed by atoms with van der Waals surface area (Å²) in [4.78, 5) is 16.6. The van der Waals surface area contributed by atoms with Crippen LogP contribution >= 0.6 is 0 Å². The summed E-state index contributed by atoms with van der Waals surface area (Å²) < 4.78 is 2.17. The summed E-state index contributed by atoms with van der Waals surface area (Å²) in [5.74, 6) is 1.41. The van der Waals surface area contributed by atoms with Gasteiger partial charge < -0.3 is 9.67 Å². The SMILES string of the molecule is O=c1nc2n(c3ccccc13)CCC2Cc1ccc(O)cc1. The van der Waals surface area contributed by atoms with Gasteiger partial charge in [-0.2, -0.15) is 4.98 Å². The Morgan fingerprint density at radius 2 is 1.91 bits per heavy atom. The van der Waals surface area contributed by atoms with Crippen molar-refractivity contribution in [1.29, 1.82) is 0 Å². The molecule has 1 aliphatic heterocycles. The van der Waals surface area contributed by atoms with Gasteiger partial charge >= 0.3 is 0 Å². The number of aromatic hydroxyl groups is 1. The van der Waals surface area contributed by atoms with Crippen molar-refractivity contribution in [2.75, 3.05) is 0 Å². The Morgan fingerprint density at radius 3 is 2.73 bits per heavy atom. The first-order valence-electron chi connectivity index (χ1n) is 7.50. The second kappa shape index (κ2) is 4.98. The van der Waals surface area contributed by atoms with Gasteiger partial charge in [0, 0.05) is 12.5 Å². The molecule has 0 amide bonds. The maximum Gasteiger partial charge on any atom is 0.280 e. The highest BCUT2D eigenvalue weighted by Gasteiger charge is 2.26. The van der Waals surface area contributed by atoms with Crippen LogP contribution < -0.4 is 5.56 Å². The van der Waals surface area contributed by atoms with Gasteiger partial charge in [-0.3, -0.25) is 4.79 Å². The number of phenols is 1. The van der Waals surface area contributed by atoms with E-state index in [1.807, 2.05) is 36.4 Å². The average molecular weight is 292 g/mol. The van der Waals surface area contributed by atoms with Crippen molar-refractivity contribution in [3.05, 3.63) is 70.3 Å². The molecule has 4 nitrogen and oxygen atoms in total. The molecule has 0 fully saturated rings. The van der Waals surface area contributed by atoms with E-state index < -0.39 is 0 Å². The van der Waals surface area contributed by atoms with Crippen molar-refractivity contribution >= 4 is 10.9 Å². The van der Waals surface area contributed by atoms with Crippen molar-refractivity contribution in [2.24, 2.45) is 0 Å². The number of para-hydroxylation sites is 1. The maximum atomic E-state index is 12.2. The summed E-state index contributed by atoms with van der Waals surface area (Å²) in [6.07, 6.45) is 1.83. The molecular formula is C18H16N2O2. The molecule has 4 rings (SSSR count). The first kappa shape index (κ1) is 13.1. The molecular weight excluding hydrogens is 276 g/mol. The Bertz CT molecular complexity index is 897. The fourth-order valence-corrected chi connectivity index (χ4v) is 3.31. The molecule has 3 aromatic rings. The summed E-state index contributed by atoms with van der Waals surface area (Å²) in [6, 6.07) is 14.9. The van der Waals surface area contributed by atoms with Crippen LogP contribution in [0, 0.1) is 0 Å². The lowest BCUT2D eigenvalue weighted by molar-refractivity contribution is 0.475. The molecule has 1 N–H and O–H groups in total. The minimum Gasteiger partial charge on any atom is -0.508 e. The average Bonchev–Trinajstić information content (AvgIpc) is 2.93. The van der Waals surface area contributed by atoms with E-state index in [-0.39, 0.29) is 17.2 Å². The van der Waals surface area contributed by atoms with E-state index in [0.717, 1.165) is 36.3 Å². The molecule has 0 radical (unpaired) electrons. The van der Waals surface area contributed by atoms with E-state index in [4.69, 9.17) is 0 Å². The molecule has 0 spiro atoms. The van der Waals surface area contributed by atoms with E-state index >= 15 is 0 Å². The van der Waals surface area contributed by atoms with Crippen LogP contribution in [0.3, 0.4) is 0 Å². The van der Waals surface area contributed by atoms with Crippen molar-refractivity contribution in [3.8, 4) is 5.75 Å². The van der Waals surface area contributed by atoms with E-state index in [0.29, 0.717) is 5.39 Å². The van der Waals surface area contributed by atoms with E-state index in [1.165, 1.54) is 0 Å². The van der Waals surface area contributed by atoms with Gasteiger partial charge in [0.25, 0.3) is 5.56 Å². The largest absolute Gasteiger partial charge is 0.508 e. The highest BCUT2D eigenvalue weighted by molar-refractivity contribution is 5.78. The number of aromatic nitrogens is 2. The van der Waals surface area contributed by atoms with Gasteiger partial charge in [0.15, 0.2) is 0 Å². The summed E-state index contributed by atoms with van der Waals surface area (Å²) in [7, 11) is 0. The number of hydrogen-bond acceptors (Lipinski definition) is 3. The predicted molar refractivity (Wildman–Crippen MR) is 85.2 cm³/mol. The Labute approximate surface area is 127 Å². The molecule has 1 aliphatic rings. The molecule has 2 aromatic carbocycles. The van der Waals surface area contributed by atoms with Crippen LogP contribution in [0.2, 0.25) is 0 Å². The fourth-order valence-electron chi connectivity index (χ4n) is 3.31. The summed E-state index contributed by atoms with van der Waals surface area (Å²) in [6.45, 7) is 0.895. The van der Waals surface area contributed by atoms with Crippen LogP contribution in [-0.4, -0.2) is 14.7 Å². The smallest absolute Gasteiger partial charge is 0.280 e. The fraction of sp³-hybridized carbons (Fsp3) is 0.222. The van der Waals surface area contributed by atoms with Crippen molar-refractivity contribution < 1.29 is 5.11 Å². The normalized spacial score (nSPS) is 16.8. The lowest BCUT2D eigenvalue weighted by Gasteiger charge is -2.12. The third-order valence-corrected chi connectivity index (χ3v) is 4.40. The number of nitrogens with zero attached hydrogens (tertiary/aromatic N) is 2. The molecule has 110 valence electrons. The molecule has 0 bridgehead atoms.